The van der Waals surface area contributed by atoms with Gasteiger partial charge in [0, 0.05) is 11.6 Å². The van der Waals surface area contributed by atoms with E-state index in [1.54, 1.807) is 36.4 Å². The Hall–Kier alpha value is -3.29. The summed E-state index contributed by atoms with van der Waals surface area (Å²) in [6, 6.07) is 16.3. The molecule has 0 aromatic heterocycles. The van der Waals surface area contributed by atoms with Crippen molar-refractivity contribution in [1.82, 2.24) is 9.44 Å². The van der Waals surface area contributed by atoms with Gasteiger partial charge in [-0.2, -0.15) is 4.72 Å². The van der Waals surface area contributed by atoms with E-state index in [4.69, 9.17) is 11.6 Å². The third kappa shape index (κ3) is 7.37. The number of hydrogen-bond donors (Lipinski definition) is 4. The van der Waals surface area contributed by atoms with Crippen LogP contribution >= 0.6 is 11.6 Å². The number of sulfonamides is 2. The largest absolute Gasteiger partial charge is 0.480 e. The summed E-state index contributed by atoms with van der Waals surface area (Å²) >= 11 is 5.88. The van der Waals surface area contributed by atoms with Gasteiger partial charge in [-0.3, -0.25) is 4.79 Å². The molecule has 196 valence electrons. The lowest BCUT2D eigenvalue weighted by Crippen LogP contribution is -2.41. The average molecular weight is 567 g/mol. The van der Waals surface area contributed by atoms with Crippen LogP contribution in [-0.2, 0) is 24.8 Å². The average Bonchev–Trinajstić information content (AvgIpc) is 2.86. The molecular weight excluding hydrogens is 544 g/mol. The maximum atomic E-state index is 12.8. The van der Waals surface area contributed by atoms with Crippen LogP contribution in [0.1, 0.15) is 23.2 Å². The van der Waals surface area contributed by atoms with Crippen LogP contribution in [0.2, 0.25) is 5.02 Å². The lowest BCUT2D eigenvalue weighted by molar-refractivity contribution is -0.139. The highest BCUT2D eigenvalue weighted by Crippen LogP contribution is 2.23. The molecule has 10 nitrogen and oxygen atoms in total. The molecule has 0 unspecified atom stereocenters. The lowest BCUT2D eigenvalue weighted by atomic mass is 10.1. The van der Waals surface area contributed by atoms with Crippen molar-refractivity contribution >= 4 is 43.6 Å². The number of carboxylic acids is 2. The highest BCUT2D eigenvalue weighted by molar-refractivity contribution is 7.89. The van der Waals surface area contributed by atoms with Gasteiger partial charge in [0.15, 0.2) is 0 Å². The molecule has 3 aromatic rings. The van der Waals surface area contributed by atoms with E-state index in [-0.39, 0.29) is 24.3 Å². The van der Waals surface area contributed by atoms with Crippen molar-refractivity contribution < 1.29 is 36.6 Å². The van der Waals surface area contributed by atoms with Gasteiger partial charge in [0.1, 0.15) is 6.04 Å². The van der Waals surface area contributed by atoms with E-state index in [1.165, 1.54) is 24.3 Å². The van der Waals surface area contributed by atoms with Crippen LogP contribution in [0.3, 0.4) is 0 Å². The van der Waals surface area contributed by atoms with Crippen LogP contribution in [0, 0.1) is 0 Å². The highest BCUT2D eigenvalue weighted by atomic mass is 35.5. The van der Waals surface area contributed by atoms with Crippen LogP contribution in [0.15, 0.2) is 82.6 Å². The number of halogens is 1. The van der Waals surface area contributed by atoms with Gasteiger partial charge in [0.2, 0.25) is 20.0 Å². The van der Waals surface area contributed by atoms with Gasteiger partial charge in [-0.15, -0.1) is 0 Å². The van der Waals surface area contributed by atoms with Crippen LogP contribution in [0.25, 0.3) is 11.1 Å². The summed E-state index contributed by atoms with van der Waals surface area (Å²) < 4.78 is 54.8. The Labute approximate surface area is 219 Å². The summed E-state index contributed by atoms with van der Waals surface area (Å²) in [6.45, 7) is -0.239. The summed E-state index contributed by atoms with van der Waals surface area (Å²) in [6.07, 6.45) is -0.260. The first-order chi connectivity index (χ1) is 17.4. The van der Waals surface area contributed by atoms with Gasteiger partial charge in [-0.05, 0) is 60.4 Å². The first-order valence-electron chi connectivity index (χ1n) is 10.8. The van der Waals surface area contributed by atoms with E-state index in [1.807, 2.05) is 0 Å². The normalized spacial score (nSPS) is 12.7. The van der Waals surface area contributed by atoms with E-state index in [0.717, 1.165) is 23.3 Å². The number of aromatic carboxylic acids is 1. The summed E-state index contributed by atoms with van der Waals surface area (Å²) in [4.78, 5) is 22.4. The fraction of sp³-hybridized carbons (Fsp3) is 0.167. The second kappa shape index (κ2) is 11.8. The topological polar surface area (TPSA) is 167 Å². The molecule has 0 aliphatic carbocycles. The smallest absolute Gasteiger partial charge is 0.337 e. The third-order valence-corrected chi connectivity index (χ3v) is 8.57. The predicted octanol–water partition coefficient (Wildman–Crippen LogP) is 3.20. The molecule has 0 saturated heterocycles. The summed E-state index contributed by atoms with van der Waals surface area (Å²) in [5, 5.41) is 19.2. The monoisotopic (exact) mass is 566 g/mol. The van der Waals surface area contributed by atoms with Crippen LogP contribution < -0.4 is 9.44 Å². The molecule has 0 saturated carbocycles. The van der Waals surface area contributed by atoms with Crippen molar-refractivity contribution in [3.63, 3.8) is 0 Å². The van der Waals surface area contributed by atoms with Crippen molar-refractivity contribution in [2.45, 2.75) is 28.7 Å². The van der Waals surface area contributed by atoms with Crippen molar-refractivity contribution in [2.24, 2.45) is 0 Å². The Morgan fingerprint density at radius 1 is 0.811 bits per heavy atom. The molecule has 0 spiro atoms. The van der Waals surface area contributed by atoms with Crippen molar-refractivity contribution in [3.05, 3.63) is 83.4 Å². The molecule has 0 bridgehead atoms. The number of carboxylic acid groups (broad SMARTS) is 2. The maximum absolute atomic E-state index is 12.8. The standard InChI is InChI=1S/C24H23ClN2O8S2/c25-18-11-7-16(8-12-18)17-9-13-19(14-10-17)36(32,33)27-21(24(30)31)5-3-15-26-37(34,35)22-6-2-1-4-20(22)23(28)29/h1-2,4,6-14,21,26-27H,3,5,15H2,(H,28,29)(H,30,31)/t21-/m0/s1. The minimum Gasteiger partial charge on any atom is -0.480 e. The molecule has 0 radical (unpaired) electrons. The molecule has 37 heavy (non-hydrogen) atoms. The third-order valence-electron chi connectivity index (χ3n) is 5.31. The molecule has 0 fully saturated rings. The van der Waals surface area contributed by atoms with E-state index >= 15 is 0 Å². The first-order valence-corrected chi connectivity index (χ1v) is 14.2. The SMILES string of the molecule is O=C(O)c1ccccc1S(=O)(=O)NCCC[C@H](NS(=O)(=O)c1ccc(-c2ccc(Cl)cc2)cc1)C(=O)O. The quantitative estimate of drug-likeness (QED) is 0.242. The molecule has 0 amide bonds. The molecule has 13 heteroatoms. The van der Waals surface area contributed by atoms with Crippen molar-refractivity contribution in [3.8, 4) is 11.1 Å². The number of benzene rings is 3. The molecule has 3 rings (SSSR count). The Kier molecular flexibility index (Phi) is 9.05. The Bertz CT molecular complexity index is 1490. The summed E-state index contributed by atoms with van der Waals surface area (Å²) in [7, 11) is -8.38. The van der Waals surface area contributed by atoms with Crippen molar-refractivity contribution in [1.29, 1.82) is 0 Å². The van der Waals surface area contributed by atoms with Crippen molar-refractivity contribution in [2.75, 3.05) is 6.54 Å². The minimum atomic E-state index is -4.19. The zero-order chi connectivity index (χ0) is 27.2. The first kappa shape index (κ1) is 28.3. The van der Waals surface area contributed by atoms with Gasteiger partial charge in [0.05, 0.1) is 15.4 Å². The van der Waals surface area contributed by atoms with Gasteiger partial charge in [-0.25, -0.2) is 26.4 Å². The molecule has 0 aliphatic rings. The molecule has 1 atom stereocenters. The molecule has 4 N–H and O–H groups in total. The second-order valence-electron chi connectivity index (χ2n) is 7.88. The number of carbonyl (C=O) groups is 2. The van der Waals surface area contributed by atoms with Gasteiger partial charge < -0.3 is 10.2 Å². The second-order valence-corrected chi connectivity index (χ2v) is 11.8. The zero-order valence-corrected chi connectivity index (χ0v) is 21.6. The van der Waals surface area contributed by atoms with Crippen LogP contribution in [0.5, 0.6) is 0 Å². The van der Waals surface area contributed by atoms with E-state index in [0.29, 0.717) is 5.02 Å². The summed E-state index contributed by atoms with van der Waals surface area (Å²) in [5.41, 5.74) is 1.15. The predicted molar refractivity (Wildman–Crippen MR) is 136 cm³/mol. The number of nitrogens with one attached hydrogen (secondary N) is 2. The molecule has 0 heterocycles. The number of rotatable bonds is 12. The van der Waals surface area contributed by atoms with Gasteiger partial charge >= 0.3 is 11.9 Å². The van der Waals surface area contributed by atoms with Crippen LogP contribution in [0.4, 0.5) is 0 Å². The zero-order valence-electron chi connectivity index (χ0n) is 19.2. The number of hydrogen-bond acceptors (Lipinski definition) is 6. The Morgan fingerprint density at radius 3 is 1.95 bits per heavy atom. The van der Waals surface area contributed by atoms with E-state index < -0.39 is 48.5 Å². The van der Waals surface area contributed by atoms with E-state index in [9.17, 15) is 36.6 Å². The summed E-state index contributed by atoms with van der Waals surface area (Å²) in [5.74, 6) is -2.84. The van der Waals surface area contributed by atoms with Crippen LogP contribution in [-0.4, -0.2) is 51.6 Å². The van der Waals surface area contributed by atoms with Gasteiger partial charge in [-0.1, -0.05) is 48.0 Å². The highest BCUT2D eigenvalue weighted by Gasteiger charge is 2.26. The maximum Gasteiger partial charge on any atom is 0.337 e. The van der Waals surface area contributed by atoms with Gasteiger partial charge in [0.25, 0.3) is 0 Å². The van der Waals surface area contributed by atoms with E-state index in [2.05, 4.69) is 9.44 Å². The minimum absolute atomic E-state index is 0.0382. The lowest BCUT2D eigenvalue weighted by Gasteiger charge is -2.15. The molecule has 0 aliphatic heterocycles. The fourth-order valence-corrected chi connectivity index (χ4v) is 6.05. The molecular formula is C24H23ClN2O8S2. The fourth-order valence-electron chi connectivity index (χ4n) is 3.43. The Morgan fingerprint density at radius 2 is 1.38 bits per heavy atom. The number of aliphatic carboxylic acids is 1. The molecule has 3 aromatic carbocycles. The Balaban J connectivity index is 1.63.